The molecule has 0 aliphatic heterocycles. The Morgan fingerprint density at radius 3 is 1.91 bits per heavy atom. The second kappa shape index (κ2) is 10.6. The first-order chi connectivity index (χ1) is 11.2. The molecule has 0 bridgehead atoms. The van der Waals surface area contributed by atoms with Gasteiger partial charge >= 0.3 is 0 Å². The van der Waals surface area contributed by atoms with Crippen LogP contribution in [0, 0.1) is 0 Å². The molecule has 0 saturated carbocycles. The molecule has 0 spiro atoms. The van der Waals surface area contributed by atoms with Crippen LogP contribution in [0.15, 0.2) is 48.8 Å². The van der Waals surface area contributed by atoms with Crippen LogP contribution in [-0.2, 0) is 6.54 Å². The molecule has 0 aliphatic rings. The van der Waals surface area contributed by atoms with Gasteiger partial charge in [0.2, 0.25) is 0 Å². The van der Waals surface area contributed by atoms with E-state index in [0.29, 0.717) is 0 Å². The van der Waals surface area contributed by atoms with Crippen molar-refractivity contribution in [2.45, 2.75) is 26.3 Å². The summed E-state index contributed by atoms with van der Waals surface area (Å²) in [6, 6.07) is 12.9. The van der Waals surface area contributed by atoms with Gasteiger partial charge < -0.3 is 10.0 Å². The highest BCUT2D eigenvalue weighted by Gasteiger charge is 1.98. The van der Waals surface area contributed by atoms with E-state index in [1.54, 1.807) is 0 Å². The van der Waals surface area contributed by atoms with Crippen LogP contribution < -0.4 is 9.47 Å². The topological polar surface area (TPSA) is 27.4 Å². The summed E-state index contributed by atoms with van der Waals surface area (Å²) in [6.07, 6.45) is 11.1. The fourth-order valence-electron chi connectivity index (χ4n) is 2.15. The van der Waals surface area contributed by atoms with E-state index in [9.17, 15) is 0 Å². The molecule has 3 heteroatoms. The highest BCUT2D eigenvalue weighted by molar-refractivity contribution is 5.70. The summed E-state index contributed by atoms with van der Waals surface area (Å²) in [5.41, 5.74) is 3.69. The highest BCUT2D eigenvalue weighted by atomic mass is 16.2. The maximum Gasteiger partial charge on any atom is 0.169 e. The fraction of sp³-hybridized carbons (Fsp3) is 0.350. The number of aliphatic hydroxyl groups excluding tert-OH is 1. The number of benzene rings is 1. The number of rotatable bonds is 6. The summed E-state index contributed by atoms with van der Waals surface area (Å²) in [5, 5.41) is 7.00. The van der Waals surface area contributed by atoms with Crippen molar-refractivity contribution in [2.24, 2.45) is 0 Å². The molecule has 2 aromatic rings. The third kappa shape index (κ3) is 6.66. The Kier molecular flexibility index (Phi) is 8.70. The van der Waals surface area contributed by atoms with Gasteiger partial charge in [0.25, 0.3) is 0 Å². The van der Waals surface area contributed by atoms with Gasteiger partial charge in [0.05, 0.1) is 0 Å². The lowest BCUT2D eigenvalue weighted by Crippen LogP contribution is -2.32. The van der Waals surface area contributed by atoms with Gasteiger partial charge in [-0.25, -0.2) is 4.57 Å². The van der Waals surface area contributed by atoms with Gasteiger partial charge in [0.1, 0.15) is 6.54 Å². The number of anilines is 1. The summed E-state index contributed by atoms with van der Waals surface area (Å²) in [6.45, 7) is 3.33. The van der Waals surface area contributed by atoms with E-state index in [1.165, 1.54) is 29.7 Å². The second-order valence-corrected chi connectivity index (χ2v) is 5.54. The highest BCUT2D eigenvalue weighted by Crippen LogP contribution is 2.14. The van der Waals surface area contributed by atoms with Crippen molar-refractivity contribution in [3.63, 3.8) is 0 Å². The minimum Gasteiger partial charge on any atom is -0.400 e. The van der Waals surface area contributed by atoms with Gasteiger partial charge in [-0.3, -0.25) is 0 Å². The van der Waals surface area contributed by atoms with Crippen LogP contribution in [0.1, 0.15) is 30.9 Å². The molecule has 1 heterocycles. The van der Waals surface area contributed by atoms with E-state index >= 15 is 0 Å². The molecule has 2 rings (SSSR count). The maximum atomic E-state index is 7.00. The Hall–Kier alpha value is -2.13. The van der Waals surface area contributed by atoms with Crippen molar-refractivity contribution in [3.8, 4) is 0 Å². The number of pyridine rings is 1. The summed E-state index contributed by atoms with van der Waals surface area (Å²) >= 11 is 0. The van der Waals surface area contributed by atoms with Crippen LogP contribution in [0.2, 0.25) is 0 Å². The molecule has 1 N–H and O–H groups in total. The molecule has 0 atom stereocenters. The maximum absolute atomic E-state index is 7.00. The van der Waals surface area contributed by atoms with Crippen LogP contribution in [0.4, 0.5) is 5.69 Å². The average molecular weight is 313 g/mol. The zero-order valence-corrected chi connectivity index (χ0v) is 14.7. The van der Waals surface area contributed by atoms with Crippen molar-refractivity contribution in [3.05, 3.63) is 59.9 Å². The Labute approximate surface area is 140 Å². The first kappa shape index (κ1) is 18.9. The lowest BCUT2D eigenvalue weighted by atomic mass is 10.1. The molecular formula is C20H29N2O+. The molecule has 1 aromatic heterocycles. The van der Waals surface area contributed by atoms with Crippen LogP contribution >= 0.6 is 0 Å². The molecule has 0 aliphatic carbocycles. The van der Waals surface area contributed by atoms with Crippen LogP contribution in [0.5, 0.6) is 0 Å². The van der Waals surface area contributed by atoms with Crippen molar-refractivity contribution in [1.29, 1.82) is 0 Å². The van der Waals surface area contributed by atoms with Gasteiger partial charge in [-0.15, -0.1) is 0 Å². The van der Waals surface area contributed by atoms with Gasteiger partial charge in [-0.1, -0.05) is 37.6 Å². The molecule has 0 fully saturated rings. The summed E-state index contributed by atoms with van der Waals surface area (Å²) in [7, 11) is 5.12. The van der Waals surface area contributed by atoms with Crippen molar-refractivity contribution >= 4 is 17.8 Å². The lowest BCUT2D eigenvalue weighted by Gasteiger charge is -2.11. The zero-order valence-electron chi connectivity index (χ0n) is 14.7. The number of aliphatic hydroxyl groups is 1. The SMILES string of the molecule is CCCC[n+]1ccc(/C=C/c2ccc(N(C)C)cc2)cc1.CO. The third-order valence-corrected chi connectivity index (χ3v) is 3.56. The summed E-state index contributed by atoms with van der Waals surface area (Å²) < 4.78 is 2.24. The van der Waals surface area contributed by atoms with Crippen molar-refractivity contribution < 1.29 is 9.67 Å². The quantitative estimate of drug-likeness (QED) is 0.825. The summed E-state index contributed by atoms with van der Waals surface area (Å²) in [4.78, 5) is 2.11. The van der Waals surface area contributed by atoms with Gasteiger partial charge in [0, 0.05) is 45.4 Å². The Morgan fingerprint density at radius 2 is 1.43 bits per heavy atom. The molecule has 0 saturated heterocycles. The van der Waals surface area contributed by atoms with E-state index < -0.39 is 0 Å². The van der Waals surface area contributed by atoms with Gasteiger partial charge in [-0.05, 0) is 23.3 Å². The first-order valence-electron chi connectivity index (χ1n) is 8.08. The van der Waals surface area contributed by atoms with E-state index in [1.807, 2.05) is 0 Å². The normalized spacial score (nSPS) is 10.3. The minimum absolute atomic E-state index is 1.00. The van der Waals surface area contributed by atoms with Gasteiger partial charge in [-0.2, -0.15) is 0 Å². The minimum atomic E-state index is 1.00. The standard InChI is InChI=1S/C19H25N2.CH4O/c1-4-5-14-21-15-12-18(13-16-21)7-6-17-8-10-19(11-9-17)20(2)3;1-2/h6-13,15-16H,4-5,14H2,1-3H3;2H,1H3/q+1;. The Balaban J connectivity index is 0.00000127. The lowest BCUT2D eigenvalue weighted by molar-refractivity contribution is -0.697. The second-order valence-electron chi connectivity index (χ2n) is 5.54. The molecule has 0 unspecified atom stereocenters. The smallest absolute Gasteiger partial charge is 0.169 e. The molecule has 0 amide bonds. The first-order valence-corrected chi connectivity index (χ1v) is 8.08. The summed E-state index contributed by atoms with van der Waals surface area (Å²) in [5.74, 6) is 0. The van der Waals surface area contributed by atoms with E-state index in [2.05, 4.69) is 91.4 Å². The number of hydrogen-bond acceptors (Lipinski definition) is 2. The van der Waals surface area contributed by atoms with Gasteiger partial charge in [0.15, 0.2) is 12.4 Å². The van der Waals surface area contributed by atoms with Crippen LogP contribution in [0.25, 0.3) is 12.2 Å². The monoisotopic (exact) mass is 313 g/mol. The molecule has 3 nitrogen and oxygen atoms in total. The molecule has 23 heavy (non-hydrogen) atoms. The molecule has 1 aromatic carbocycles. The van der Waals surface area contributed by atoms with E-state index in [-0.39, 0.29) is 0 Å². The van der Waals surface area contributed by atoms with Crippen LogP contribution in [0.3, 0.4) is 0 Å². The molecule has 124 valence electrons. The number of aryl methyl sites for hydroxylation is 1. The predicted molar refractivity (Wildman–Crippen MR) is 99.4 cm³/mol. The fourth-order valence-corrected chi connectivity index (χ4v) is 2.15. The number of hydrogen-bond donors (Lipinski definition) is 1. The average Bonchev–Trinajstić information content (AvgIpc) is 2.61. The Morgan fingerprint density at radius 1 is 0.913 bits per heavy atom. The van der Waals surface area contributed by atoms with Crippen LogP contribution in [-0.4, -0.2) is 26.3 Å². The van der Waals surface area contributed by atoms with E-state index in [0.717, 1.165) is 13.7 Å². The van der Waals surface area contributed by atoms with Crippen molar-refractivity contribution in [1.82, 2.24) is 0 Å². The number of aromatic nitrogens is 1. The predicted octanol–water partition coefficient (Wildman–Crippen LogP) is 3.62. The van der Waals surface area contributed by atoms with Crippen molar-refractivity contribution in [2.75, 3.05) is 26.1 Å². The number of unbranched alkanes of at least 4 members (excludes halogenated alkanes) is 1. The Bertz CT molecular complexity index is 572. The number of nitrogens with zero attached hydrogens (tertiary/aromatic N) is 2. The molecule has 0 radical (unpaired) electrons. The molecular weight excluding hydrogens is 284 g/mol. The van der Waals surface area contributed by atoms with E-state index in [4.69, 9.17) is 5.11 Å². The largest absolute Gasteiger partial charge is 0.400 e. The third-order valence-electron chi connectivity index (χ3n) is 3.56. The zero-order chi connectivity index (χ0) is 17.1.